The second-order valence-corrected chi connectivity index (χ2v) is 5.04. The number of hydrogen-bond acceptors (Lipinski definition) is 4. The lowest BCUT2D eigenvalue weighted by Crippen LogP contribution is -2.18. The molecule has 0 spiro atoms. The molecule has 2 rings (SSSR count). The van der Waals surface area contributed by atoms with Crippen molar-refractivity contribution in [3.8, 4) is 0 Å². The van der Waals surface area contributed by atoms with Gasteiger partial charge >= 0.3 is 0 Å². The van der Waals surface area contributed by atoms with Gasteiger partial charge in [0.1, 0.15) is 0 Å². The van der Waals surface area contributed by atoms with Crippen molar-refractivity contribution >= 4 is 17.7 Å². The van der Waals surface area contributed by atoms with E-state index in [2.05, 4.69) is 21.5 Å². The van der Waals surface area contributed by atoms with E-state index in [1.54, 1.807) is 6.20 Å². The smallest absolute Gasteiger partial charge is 0.222 e. The molecule has 76 valence electrons. The number of anilines is 1. The van der Waals surface area contributed by atoms with Crippen molar-refractivity contribution in [2.24, 2.45) is 0 Å². The molecule has 0 amide bonds. The Morgan fingerprint density at radius 1 is 1.57 bits per heavy atom. The minimum Gasteiger partial charge on any atom is -0.353 e. The summed E-state index contributed by atoms with van der Waals surface area (Å²) in [5.74, 6) is 0.755. The highest BCUT2D eigenvalue weighted by Gasteiger charge is 2.41. The third kappa shape index (κ3) is 2.18. The number of nitrogens with one attached hydrogen (secondary N) is 1. The second-order valence-electron chi connectivity index (χ2n) is 3.76. The molecule has 0 bridgehead atoms. The van der Waals surface area contributed by atoms with E-state index >= 15 is 0 Å². The molecule has 1 aromatic rings. The van der Waals surface area contributed by atoms with Crippen LogP contribution >= 0.6 is 11.8 Å². The Morgan fingerprint density at radius 3 is 2.93 bits per heavy atom. The maximum Gasteiger partial charge on any atom is 0.222 e. The first-order valence-electron chi connectivity index (χ1n) is 4.83. The summed E-state index contributed by atoms with van der Waals surface area (Å²) in [5, 5.41) is 3.30. The summed E-state index contributed by atoms with van der Waals surface area (Å²) < 4.78 is 0.465. The van der Waals surface area contributed by atoms with E-state index in [1.807, 2.05) is 24.8 Å². The van der Waals surface area contributed by atoms with Crippen LogP contribution in [0.1, 0.15) is 18.5 Å². The van der Waals surface area contributed by atoms with Crippen molar-refractivity contribution in [2.45, 2.75) is 24.5 Å². The molecule has 14 heavy (non-hydrogen) atoms. The first-order valence-corrected chi connectivity index (χ1v) is 6.05. The fourth-order valence-electron chi connectivity index (χ4n) is 1.37. The van der Waals surface area contributed by atoms with Gasteiger partial charge < -0.3 is 5.32 Å². The van der Waals surface area contributed by atoms with Crippen LogP contribution in [0.25, 0.3) is 0 Å². The molecule has 1 N–H and O–H groups in total. The van der Waals surface area contributed by atoms with E-state index in [9.17, 15) is 0 Å². The molecule has 3 nitrogen and oxygen atoms in total. The topological polar surface area (TPSA) is 37.8 Å². The van der Waals surface area contributed by atoms with Gasteiger partial charge in [0, 0.05) is 23.2 Å². The molecule has 0 aliphatic heterocycles. The summed E-state index contributed by atoms with van der Waals surface area (Å²) in [6.07, 6.45) is 6.59. The van der Waals surface area contributed by atoms with Crippen LogP contribution in [0.2, 0.25) is 0 Å². The van der Waals surface area contributed by atoms with Gasteiger partial charge in [-0.05, 0) is 32.1 Å². The van der Waals surface area contributed by atoms with Gasteiger partial charge in [-0.15, -0.1) is 0 Å². The molecule has 0 atom stereocenters. The third-order valence-corrected chi connectivity index (χ3v) is 4.02. The normalized spacial score (nSPS) is 17.9. The molecule has 1 fully saturated rings. The molecular weight excluding hydrogens is 194 g/mol. The number of aromatic nitrogens is 2. The number of nitrogens with zero attached hydrogens (tertiary/aromatic N) is 2. The van der Waals surface area contributed by atoms with Crippen molar-refractivity contribution < 1.29 is 0 Å². The van der Waals surface area contributed by atoms with Crippen molar-refractivity contribution in [3.63, 3.8) is 0 Å². The minimum absolute atomic E-state index is 0.465. The first-order chi connectivity index (χ1) is 6.74. The van der Waals surface area contributed by atoms with E-state index in [0.717, 1.165) is 18.2 Å². The lowest BCUT2D eigenvalue weighted by atomic mass is 10.4. The first kappa shape index (κ1) is 9.77. The fraction of sp³-hybridized carbons (Fsp3) is 0.600. The Hall–Kier alpha value is -0.770. The highest BCUT2D eigenvalue weighted by atomic mass is 32.2. The van der Waals surface area contributed by atoms with Crippen LogP contribution in [0.15, 0.2) is 12.3 Å². The van der Waals surface area contributed by atoms with Gasteiger partial charge in [0.25, 0.3) is 0 Å². The highest BCUT2D eigenvalue weighted by molar-refractivity contribution is 8.00. The van der Waals surface area contributed by atoms with Crippen LogP contribution in [0.5, 0.6) is 0 Å². The molecule has 0 aromatic carbocycles. The molecular formula is C10H15N3S. The van der Waals surface area contributed by atoms with Crippen LogP contribution in [0.3, 0.4) is 0 Å². The van der Waals surface area contributed by atoms with Crippen molar-refractivity contribution in [2.75, 3.05) is 18.1 Å². The molecule has 1 saturated carbocycles. The Morgan fingerprint density at radius 2 is 2.36 bits per heavy atom. The van der Waals surface area contributed by atoms with Gasteiger partial charge in [-0.1, -0.05) is 0 Å². The van der Waals surface area contributed by atoms with Gasteiger partial charge in [0.2, 0.25) is 5.95 Å². The summed E-state index contributed by atoms with van der Waals surface area (Å²) in [4.78, 5) is 8.48. The summed E-state index contributed by atoms with van der Waals surface area (Å²) in [6.45, 7) is 2.96. The lowest BCUT2D eigenvalue weighted by Gasteiger charge is -2.12. The van der Waals surface area contributed by atoms with Crippen LogP contribution in [-0.2, 0) is 0 Å². The Balaban J connectivity index is 1.92. The van der Waals surface area contributed by atoms with Crippen molar-refractivity contribution in [1.29, 1.82) is 0 Å². The third-order valence-electron chi connectivity index (χ3n) is 2.60. The van der Waals surface area contributed by atoms with E-state index < -0.39 is 0 Å². The zero-order chi connectivity index (χ0) is 10.0. The zero-order valence-corrected chi connectivity index (χ0v) is 9.40. The highest BCUT2D eigenvalue weighted by Crippen LogP contribution is 2.46. The predicted molar refractivity (Wildman–Crippen MR) is 60.7 cm³/mol. The van der Waals surface area contributed by atoms with Crippen molar-refractivity contribution in [1.82, 2.24) is 9.97 Å². The average Bonchev–Trinajstić information content (AvgIpc) is 2.96. The molecule has 1 aliphatic rings. The van der Waals surface area contributed by atoms with Crippen LogP contribution in [0, 0.1) is 6.92 Å². The molecule has 1 aromatic heterocycles. The molecule has 4 heteroatoms. The summed E-state index contributed by atoms with van der Waals surface area (Å²) in [5.41, 5.74) is 1.01. The SMILES string of the molecule is CSC1(CNc2nccc(C)n2)CC1. The molecule has 1 aliphatic carbocycles. The Kier molecular flexibility index (Phi) is 2.63. The monoisotopic (exact) mass is 209 g/mol. The van der Waals surface area contributed by atoms with Gasteiger partial charge in [-0.2, -0.15) is 11.8 Å². The number of thioether (sulfide) groups is 1. The number of aryl methyl sites for hydroxylation is 1. The van der Waals surface area contributed by atoms with Gasteiger partial charge in [0.05, 0.1) is 0 Å². The van der Waals surface area contributed by atoms with Crippen LogP contribution < -0.4 is 5.32 Å². The van der Waals surface area contributed by atoms with E-state index in [0.29, 0.717) is 4.75 Å². The number of rotatable bonds is 4. The molecule has 0 unspecified atom stereocenters. The molecule has 0 saturated heterocycles. The fourth-order valence-corrected chi connectivity index (χ4v) is 2.09. The average molecular weight is 209 g/mol. The molecule has 0 radical (unpaired) electrons. The summed E-state index contributed by atoms with van der Waals surface area (Å²) in [6, 6.07) is 1.91. The Bertz CT molecular complexity index is 323. The van der Waals surface area contributed by atoms with Crippen molar-refractivity contribution in [3.05, 3.63) is 18.0 Å². The number of hydrogen-bond donors (Lipinski definition) is 1. The maximum atomic E-state index is 4.31. The Labute approximate surface area is 88.7 Å². The predicted octanol–water partition coefficient (Wildman–Crippen LogP) is 2.09. The summed E-state index contributed by atoms with van der Waals surface area (Å²) in [7, 11) is 0. The van der Waals surface area contributed by atoms with E-state index in [-0.39, 0.29) is 0 Å². The lowest BCUT2D eigenvalue weighted by molar-refractivity contribution is 0.921. The van der Waals surface area contributed by atoms with Gasteiger partial charge in [-0.3, -0.25) is 0 Å². The summed E-state index contributed by atoms with van der Waals surface area (Å²) >= 11 is 1.94. The molecule has 1 heterocycles. The maximum absolute atomic E-state index is 4.31. The minimum atomic E-state index is 0.465. The standard InChI is InChI=1S/C10H15N3S/c1-8-3-6-11-9(13-8)12-7-10(14-2)4-5-10/h3,6H,4-5,7H2,1-2H3,(H,11,12,13). The van der Waals surface area contributed by atoms with Crippen LogP contribution in [0.4, 0.5) is 5.95 Å². The van der Waals surface area contributed by atoms with Crippen LogP contribution in [-0.4, -0.2) is 27.5 Å². The second kappa shape index (κ2) is 3.77. The van der Waals surface area contributed by atoms with E-state index in [1.165, 1.54) is 12.8 Å². The zero-order valence-electron chi connectivity index (χ0n) is 8.58. The quantitative estimate of drug-likeness (QED) is 0.824. The largest absolute Gasteiger partial charge is 0.353 e. The van der Waals surface area contributed by atoms with E-state index in [4.69, 9.17) is 0 Å². The van der Waals surface area contributed by atoms with Gasteiger partial charge in [-0.25, -0.2) is 9.97 Å². The van der Waals surface area contributed by atoms with Gasteiger partial charge in [0.15, 0.2) is 0 Å².